The molecule has 1 N–H and O–H groups in total. The number of nitrogens with zero attached hydrogens (tertiary/aromatic N) is 3. The summed E-state index contributed by atoms with van der Waals surface area (Å²) in [5, 5.41) is 13.9. The summed E-state index contributed by atoms with van der Waals surface area (Å²) in [6, 6.07) is 14.6. The first-order chi connectivity index (χ1) is 18.3. The molecule has 6 rings (SSSR count). The summed E-state index contributed by atoms with van der Waals surface area (Å²) in [5.41, 5.74) is 1.62. The highest BCUT2D eigenvalue weighted by Crippen LogP contribution is 2.53. The van der Waals surface area contributed by atoms with Gasteiger partial charge in [-0.05, 0) is 53.6 Å². The maximum atomic E-state index is 13.8. The number of nitro groups is 1. The van der Waals surface area contributed by atoms with E-state index in [-0.39, 0.29) is 22.1 Å². The Kier molecular flexibility index (Phi) is 5.50. The number of amides is 3. The second-order valence-electron chi connectivity index (χ2n) is 9.23. The van der Waals surface area contributed by atoms with E-state index in [0.29, 0.717) is 0 Å². The number of imide groups is 1. The summed E-state index contributed by atoms with van der Waals surface area (Å²) >= 11 is 5.90. The molecule has 190 valence electrons. The Morgan fingerprint density at radius 1 is 1.00 bits per heavy atom. The van der Waals surface area contributed by atoms with Gasteiger partial charge in [0.2, 0.25) is 17.7 Å². The molecular weight excluding hydrogens is 515 g/mol. The number of hydrogen-bond acceptors (Lipinski definition) is 6. The fourth-order valence-corrected chi connectivity index (χ4v) is 5.83. The normalized spacial score (nSPS) is 23.2. The lowest BCUT2D eigenvalue weighted by atomic mass is 9.84. The SMILES string of the molecule is O=C(Nc1ccc(Cl)c([N+](=O)[O-])c1)[C@@H]1[C@@H]2C(=O)N(c3ccc(F)cc3)C(=O)[C@@H]2[C@H]2c3ccccc3C=CN12. The number of nitro benzene ring substituents is 1. The quantitative estimate of drug-likeness (QED) is 0.300. The number of benzene rings is 3. The first-order valence-corrected chi connectivity index (χ1v) is 12.1. The maximum absolute atomic E-state index is 13.8. The molecular formula is C27H18ClFN4O5. The standard InChI is InChI=1S/C27H18ClFN4O5/c28-19-10-7-16(13-20(19)33(37)38)30-25(34)24-22-21(23-18-4-2-1-3-14(18)11-12-31(23)24)26(35)32(27(22)36)17-8-5-15(29)6-9-17/h1-13,21-24H,(H,30,34)/t21-,22+,23+,24-/m0/s1. The average Bonchev–Trinajstić information content (AvgIpc) is 3.38. The van der Waals surface area contributed by atoms with Gasteiger partial charge in [0, 0.05) is 18.0 Å². The lowest BCUT2D eigenvalue weighted by Crippen LogP contribution is -2.46. The molecule has 3 aromatic rings. The molecule has 0 spiro atoms. The van der Waals surface area contributed by atoms with Crippen LogP contribution >= 0.6 is 11.6 Å². The van der Waals surface area contributed by atoms with E-state index in [9.17, 15) is 28.9 Å². The molecule has 2 saturated heterocycles. The zero-order valence-electron chi connectivity index (χ0n) is 19.5. The molecule has 0 saturated carbocycles. The van der Waals surface area contributed by atoms with Gasteiger partial charge in [0.25, 0.3) is 5.69 Å². The smallest absolute Gasteiger partial charge is 0.289 e. The zero-order chi connectivity index (χ0) is 26.7. The van der Waals surface area contributed by atoms with E-state index in [1.165, 1.54) is 24.3 Å². The minimum atomic E-state index is -1.09. The van der Waals surface area contributed by atoms with E-state index >= 15 is 0 Å². The van der Waals surface area contributed by atoms with Crippen molar-refractivity contribution in [3.63, 3.8) is 0 Å². The van der Waals surface area contributed by atoms with Crippen LogP contribution in [0.15, 0.2) is 72.9 Å². The van der Waals surface area contributed by atoms with Crippen molar-refractivity contribution in [1.82, 2.24) is 4.90 Å². The van der Waals surface area contributed by atoms with Crippen molar-refractivity contribution in [2.45, 2.75) is 12.1 Å². The molecule has 11 heteroatoms. The molecule has 38 heavy (non-hydrogen) atoms. The summed E-state index contributed by atoms with van der Waals surface area (Å²) in [4.78, 5) is 54.6. The number of hydrogen-bond donors (Lipinski definition) is 1. The number of anilines is 2. The Bertz CT molecular complexity index is 1560. The highest BCUT2D eigenvalue weighted by molar-refractivity contribution is 6.32. The molecule has 3 aromatic carbocycles. The van der Waals surface area contributed by atoms with Crippen LogP contribution in [0.5, 0.6) is 0 Å². The van der Waals surface area contributed by atoms with Crippen LogP contribution in [0.4, 0.5) is 21.5 Å². The van der Waals surface area contributed by atoms with Crippen molar-refractivity contribution in [1.29, 1.82) is 0 Å². The molecule has 3 heterocycles. The van der Waals surface area contributed by atoms with E-state index < -0.39 is 52.4 Å². The third kappa shape index (κ3) is 3.56. The first-order valence-electron chi connectivity index (χ1n) is 11.7. The molecule has 3 amide bonds. The van der Waals surface area contributed by atoms with E-state index in [1.54, 1.807) is 11.1 Å². The monoisotopic (exact) mass is 532 g/mol. The summed E-state index contributed by atoms with van der Waals surface area (Å²) in [6.45, 7) is 0. The Hall–Kier alpha value is -4.57. The minimum absolute atomic E-state index is 0.0870. The number of carbonyl (C=O) groups excluding carboxylic acids is 3. The third-order valence-corrected chi connectivity index (χ3v) is 7.55. The molecule has 9 nitrogen and oxygen atoms in total. The lowest BCUT2D eigenvalue weighted by Gasteiger charge is -2.35. The van der Waals surface area contributed by atoms with Crippen LogP contribution in [0, 0.1) is 27.8 Å². The second-order valence-corrected chi connectivity index (χ2v) is 9.64. The van der Waals surface area contributed by atoms with E-state index in [0.717, 1.165) is 34.2 Å². The molecule has 2 fully saturated rings. The van der Waals surface area contributed by atoms with Crippen LogP contribution < -0.4 is 10.2 Å². The predicted molar refractivity (Wildman–Crippen MR) is 136 cm³/mol. The summed E-state index contributed by atoms with van der Waals surface area (Å²) in [6.07, 6.45) is 3.51. The van der Waals surface area contributed by atoms with E-state index in [2.05, 4.69) is 5.32 Å². The van der Waals surface area contributed by atoms with Crippen LogP contribution in [0.2, 0.25) is 5.02 Å². The van der Waals surface area contributed by atoms with Crippen molar-refractivity contribution < 1.29 is 23.7 Å². The van der Waals surface area contributed by atoms with Crippen molar-refractivity contribution >= 4 is 52.5 Å². The fourth-order valence-electron chi connectivity index (χ4n) is 5.65. The summed E-state index contributed by atoms with van der Waals surface area (Å²) in [7, 11) is 0. The van der Waals surface area contributed by atoms with Gasteiger partial charge in [0.1, 0.15) is 16.9 Å². The molecule has 0 aromatic heterocycles. The molecule has 0 aliphatic carbocycles. The van der Waals surface area contributed by atoms with Crippen LogP contribution in [0.1, 0.15) is 17.2 Å². The number of fused-ring (bicyclic) bond motifs is 5. The molecule has 0 bridgehead atoms. The maximum Gasteiger partial charge on any atom is 0.289 e. The third-order valence-electron chi connectivity index (χ3n) is 7.23. The second kappa shape index (κ2) is 8.77. The first kappa shape index (κ1) is 23.8. The van der Waals surface area contributed by atoms with Crippen LogP contribution in [-0.2, 0) is 14.4 Å². The number of nitrogens with one attached hydrogen (secondary N) is 1. The largest absolute Gasteiger partial charge is 0.357 e. The van der Waals surface area contributed by atoms with Gasteiger partial charge < -0.3 is 10.2 Å². The predicted octanol–water partition coefficient (Wildman–Crippen LogP) is 4.54. The topological polar surface area (TPSA) is 113 Å². The van der Waals surface area contributed by atoms with Crippen molar-refractivity contribution in [3.05, 3.63) is 105 Å². The molecule has 0 unspecified atom stereocenters. The number of halogens is 2. The van der Waals surface area contributed by atoms with Gasteiger partial charge in [-0.3, -0.25) is 24.5 Å². The fraction of sp³-hybridized carbons (Fsp3) is 0.148. The van der Waals surface area contributed by atoms with E-state index in [4.69, 9.17) is 11.6 Å². The number of carbonyl (C=O) groups is 3. The lowest BCUT2D eigenvalue weighted by molar-refractivity contribution is -0.384. The molecule has 0 radical (unpaired) electrons. The van der Waals surface area contributed by atoms with Crippen molar-refractivity contribution in [2.24, 2.45) is 11.8 Å². The highest BCUT2D eigenvalue weighted by atomic mass is 35.5. The van der Waals surface area contributed by atoms with Gasteiger partial charge in [-0.2, -0.15) is 0 Å². The minimum Gasteiger partial charge on any atom is -0.357 e. The van der Waals surface area contributed by atoms with Crippen LogP contribution in [0.25, 0.3) is 6.08 Å². The Morgan fingerprint density at radius 3 is 2.45 bits per heavy atom. The summed E-state index contributed by atoms with van der Waals surface area (Å²) < 4.78 is 13.6. The average molecular weight is 533 g/mol. The van der Waals surface area contributed by atoms with Gasteiger partial charge in [0.05, 0.1) is 28.5 Å². The number of rotatable bonds is 4. The van der Waals surface area contributed by atoms with Crippen LogP contribution in [0.3, 0.4) is 0 Å². The molecule has 3 aliphatic heterocycles. The molecule has 4 atom stereocenters. The summed E-state index contributed by atoms with van der Waals surface area (Å²) in [5.74, 6) is -4.10. The van der Waals surface area contributed by atoms with Crippen molar-refractivity contribution in [3.8, 4) is 0 Å². The zero-order valence-corrected chi connectivity index (χ0v) is 20.2. The Morgan fingerprint density at radius 2 is 1.71 bits per heavy atom. The molecule has 3 aliphatic rings. The highest BCUT2D eigenvalue weighted by Gasteiger charge is 2.64. The van der Waals surface area contributed by atoms with Gasteiger partial charge in [-0.1, -0.05) is 35.9 Å². The van der Waals surface area contributed by atoms with Crippen molar-refractivity contribution in [2.75, 3.05) is 10.2 Å². The van der Waals surface area contributed by atoms with Gasteiger partial charge in [0.15, 0.2) is 0 Å². The van der Waals surface area contributed by atoms with Gasteiger partial charge in [-0.25, -0.2) is 9.29 Å². The van der Waals surface area contributed by atoms with E-state index in [1.807, 2.05) is 30.3 Å². The van der Waals surface area contributed by atoms with Gasteiger partial charge in [-0.15, -0.1) is 0 Å². The van der Waals surface area contributed by atoms with Gasteiger partial charge >= 0.3 is 0 Å². The van der Waals surface area contributed by atoms with Crippen LogP contribution in [-0.4, -0.2) is 33.6 Å². The Labute approximate surface area is 220 Å². The Balaban J connectivity index is 1.42.